The fourth-order valence-electron chi connectivity index (χ4n) is 3.68. The zero-order valence-electron chi connectivity index (χ0n) is 15.4. The smallest absolute Gasteiger partial charge is 0.339 e. The maximum atomic E-state index is 13.1. The summed E-state index contributed by atoms with van der Waals surface area (Å²) >= 11 is 1.30. The van der Waals surface area contributed by atoms with Crippen LogP contribution in [0, 0.1) is 19.7 Å². The van der Waals surface area contributed by atoms with Crippen molar-refractivity contribution in [3.8, 4) is 11.1 Å². The largest absolute Gasteiger partial charge is 0.478 e. The number of anilines is 1. The Morgan fingerprint density at radius 3 is 2.46 bits per heavy atom. The zero-order valence-corrected chi connectivity index (χ0v) is 16.2. The van der Waals surface area contributed by atoms with Crippen molar-refractivity contribution < 1.29 is 19.1 Å². The number of aromatic carboxylic acids is 1. The summed E-state index contributed by atoms with van der Waals surface area (Å²) in [6.45, 7) is 4.11. The molecule has 1 aromatic heterocycles. The van der Waals surface area contributed by atoms with Gasteiger partial charge in [0.25, 0.3) is 5.91 Å². The van der Waals surface area contributed by atoms with Crippen LogP contribution in [0.3, 0.4) is 0 Å². The highest BCUT2D eigenvalue weighted by atomic mass is 32.1. The molecule has 0 radical (unpaired) electrons. The molecule has 0 bridgehead atoms. The fraction of sp³-hybridized carbons (Fsp3) is 0.182. The number of carboxylic acids is 1. The van der Waals surface area contributed by atoms with E-state index in [-0.39, 0.29) is 11.1 Å². The molecule has 1 amide bonds. The number of carbonyl (C=O) groups excluding carboxylic acids is 1. The van der Waals surface area contributed by atoms with Crippen LogP contribution in [-0.2, 0) is 12.8 Å². The van der Waals surface area contributed by atoms with Gasteiger partial charge in [-0.2, -0.15) is 0 Å². The van der Waals surface area contributed by atoms with Crippen molar-refractivity contribution in [1.82, 2.24) is 0 Å². The molecule has 28 heavy (non-hydrogen) atoms. The van der Waals surface area contributed by atoms with Gasteiger partial charge in [-0.3, -0.25) is 4.79 Å². The molecule has 1 aliphatic carbocycles. The highest BCUT2D eigenvalue weighted by Gasteiger charge is 2.30. The Morgan fingerprint density at radius 2 is 1.79 bits per heavy atom. The number of rotatable bonds is 3. The first-order valence-corrected chi connectivity index (χ1v) is 9.73. The van der Waals surface area contributed by atoms with Crippen LogP contribution in [-0.4, -0.2) is 17.0 Å². The number of thiophene rings is 1. The lowest BCUT2D eigenvalue weighted by molar-refractivity contribution is 0.0699. The lowest BCUT2D eigenvalue weighted by Gasteiger charge is -2.20. The number of benzene rings is 2. The summed E-state index contributed by atoms with van der Waals surface area (Å²) in [5.74, 6) is -1.96. The van der Waals surface area contributed by atoms with Gasteiger partial charge in [0, 0.05) is 16.0 Å². The third-order valence-electron chi connectivity index (χ3n) is 5.27. The molecule has 0 saturated heterocycles. The van der Waals surface area contributed by atoms with Crippen LogP contribution in [0.25, 0.3) is 11.1 Å². The summed E-state index contributed by atoms with van der Waals surface area (Å²) in [5.41, 5.74) is 5.57. The van der Waals surface area contributed by atoms with Crippen molar-refractivity contribution in [2.24, 2.45) is 0 Å². The van der Waals surface area contributed by atoms with E-state index in [1.54, 1.807) is 0 Å². The van der Waals surface area contributed by atoms with E-state index in [1.807, 2.05) is 19.1 Å². The molecular formula is C22H18FNO3S. The monoisotopic (exact) mass is 395 g/mol. The van der Waals surface area contributed by atoms with Crippen LogP contribution >= 0.6 is 11.3 Å². The third-order valence-corrected chi connectivity index (χ3v) is 6.43. The van der Waals surface area contributed by atoms with Crippen molar-refractivity contribution in [2.75, 3.05) is 5.32 Å². The van der Waals surface area contributed by atoms with Crippen molar-refractivity contribution in [3.05, 3.63) is 74.9 Å². The summed E-state index contributed by atoms with van der Waals surface area (Å²) in [4.78, 5) is 25.6. The molecule has 0 saturated carbocycles. The minimum absolute atomic E-state index is 0.125. The van der Waals surface area contributed by atoms with Gasteiger partial charge in [0.1, 0.15) is 16.4 Å². The maximum Gasteiger partial charge on any atom is 0.339 e. The van der Waals surface area contributed by atoms with Gasteiger partial charge >= 0.3 is 5.97 Å². The quantitative estimate of drug-likeness (QED) is 0.639. The number of amides is 1. The van der Waals surface area contributed by atoms with Gasteiger partial charge in [-0.05, 0) is 73.2 Å². The molecule has 3 aromatic rings. The number of nitrogens with one attached hydrogen (secondary N) is 1. The second-order valence-corrected chi connectivity index (χ2v) is 8.01. The SMILES string of the molecule is Cc1ccc2c(c1C)CCc1sc(NC(=O)c3ccc(F)cc3)c(C(=O)O)c1-2. The van der Waals surface area contributed by atoms with Gasteiger partial charge in [0.15, 0.2) is 0 Å². The number of carbonyl (C=O) groups is 2. The predicted molar refractivity (Wildman–Crippen MR) is 108 cm³/mol. The maximum absolute atomic E-state index is 13.1. The molecule has 0 aliphatic heterocycles. The molecule has 6 heteroatoms. The lowest BCUT2D eigenvalue weighted by Crippen LogP contribution is -2.14. The molecule has 2 aromatic carbocycles. The third kappa shape index (κ3) is 2.99. The van der Waals surface area contributed by atoms with E-state index in [9.17, 15) is 19.1 Å². The first-order chi connectivity index (χ1) is 13.4. The molecule has 2 N–H and O–H groups in total. The molecule has 0 unspecified atom stereocenters. The van der Waals surface area contributed by atoms with E-state index in [0.717, 1.165) is 23.3 Å². The molecular weight excluding hydrogens is 377 g/mol. The van der Waals surface area contributed by atoms with Gasteiger partial charge < -0.3 is 10.4 Å². The van der Waals surface area contributed by atoms with Crippen LogP contribution in [0.4, 0.5) is 9.39 Å². The van der Waals surface area contributed by atoms with Crippen LogP contribution < -0.4 is 5.32 Å². The second kappa shape index (κ2) is 6.87. The molecule has 0 spiro atoms. The average molecular weight is 395 g/mol. The highest BCUT2D eigenvalue weighted by molar-refractivity contribution is 7.17. The Balaban J connectivity index is 1.80. The number of fused-ring (bicyclic) bond motifs is 3. The summed E-state index contributed by atoms with van der Waals surface area (Å²) in [6.07, 6.45) is 1.59. The van der Waals surface area contributed by atoms with Gasteiger partial charge in [0.05, 0.1) is 0 Å². The Kier molecular flexibility index (Phi) is 4.51. The van der Waals surface area contributed by atoms with E-state index in [2.05, 4.69) is 12.2 Å². The van der Waals surface area contributed by atoms with E-state index < -0.39 is 17.7 Å². The van der Waals surface area contributed by atoms with Crippen molar-refractivity contribution >= 4 is 28.2 Å². The second-order valence-electron chi connectivity index (χ2n) is 6.90. The summed E-state index contributed by atoms with van der Waals surface area (Å²) in [5, 5.41) is 12.9. The fourth-order valence-corrected chi connectivity index (χ4v) is 4.88. The molecule has 1 heterocycles. The van der Waals surface area contributed by atoms with E-state index in [4.69, 9.17) is 0 Å². The van der Waals surface area contributed by atoms with Crippen molar-refractivity contribution in [3.63, 3.8) is 0 Å². The number of hydrogen-bond donors (Lipinski definition) is 2. The molecule has 1 aliphatic rings. The summed E-state index contributed by atoms with van der Waals surface area (Å²) in [7, 11) is 0. The van der Waals surface area contributed by atoms with Crippen molar-refractivity contribution in [1.29, 1.82) is 0 Å². The van der Waals surface area contributed by atoms with E-state index in [1.165, 1.54) is 52.3 Å². The van der Waals surface area contributed by atoms with Crippen LogP contribution in [0.1, 0.15) is 42.3 Å². The highest BCUT2D eigenvalue weighted by Crippen LogP contribution is 2.46. The number of aryl methyl sites for hydroxylation is 2. The van der Waals surface area contributed by atoms with Crippen LogP contribution in [0.5, 0.6) is 0 Å². The summed E-state index contributed by atoms with van der Waals surface area (Å²) in [6, 6.07) is 9.13. The number of hydrogen-bond acceptors (Lipinski definition) is 3. The Morgan fingerprint density at radius 1 is 1.07 bits per heavy atom. The molecule has 0 fully saturated rings. The first kappa shape index (κ1) is 18.4. The standard InChI is InChI=1S/C22H18FNO3S/c1-11-3-8-16-15(12(11)2)9-10-17-18(16)19(22(26)27)21(28-17)24-20(25)13-4-6-14(23)7-5-13/h3-8H,9-10H2,1-2H3,(H,24,25)(H,26,27). The van der Waals surface area contributed by atoms with Gasteiger partial charge in [0.2, 0.25) is 0 Å². The minimum atomic E-state index is -1.07. The average Bonchev–Trinajstić information content (AvgIpc) is 3.03. The number of carboxylic acid groups (broad SMARTS) is 1. The van der Waals surface area contributed by atoms with Crippen molar-refractivity contribution in [2.45, 2.75) is 26.7 Å². The van der Waals surface area contributed by atoms with Gasteiger partial charge in [-0.1, -0.05) is 12.1 Å². The molecule has 0 atom stereocenters. The van der Waals surface area contributed by atoms with Gasteiger partial charge in [-0.25, -0.2) is 9.18 Å². The van der Waals surface area contributed by atoms with Crippen LogP contribution in [0.2, 0.25) is 0 Å². The Labute approximate surface area is 165 Å². The predicted octanol–water partition coefficient (Wildman–Crippen LogP) is 5.22. The molecule has 4 rings (SSSR count). The minimum Gasteiger partial charge on any atom is -0.478 e. The summed E-state index contributed by atoms with van der Waals surface area (Å²) < 4.78 is 13.1. The lowest BCUT2D eigenvalue weighted by atomic mass is 9.84. The van der Waals surface area contributed by atoms with E-state index in [0.29, 0.717) is 10.6 Å². The molecule has 142 valence electrons. The van der Waals surface area contributed by atoms with Gasteiger partial charge in [-0.15, -0.1) is 11.3 Å². The Hall–Kier alpha value is -2.99. The topological polar surface area (TPSA) is 66.4 Å². The van der Waals surface area contributed by atoms with E-state index >= 15 is 0 Å². The number of halogens is 1. The first-order valence-electron chi connectivity index (χ1n) is 8.92. The normalized spacial score (nSPS) is 12.2. The Bertz CT molecular complexity index is 1120. The molecule has 4 nitrogen and oxygen atoms in total. The zero-order chi connectivity index (χ0) is 20.0. The van der Waals surface area contributed by atoms with Crippen LogP contribution in [0.15, 0.2) is 36.4 Å².